The first-order valence-electron chi connectivity index (χ1n) is 9.46. The molecule has 0 radical (unpaired) electrons. The monoisotopic (exact) mass is 411 g/mol. The number of likely N-dealkylation sites (tertiary alicyclic amines) is 1. The number of amides is 1. The molecular formula is C21H18ClN3O4. The summed E-state index contributed by atoms with van der Waals surface area (Å²) in [7, 11) is 0. The number of piperidine rings is 1. The molecular weight excluding hydrogens is 394 g/mol. The summed E-state index contributed by atoms with van der Waals surface area (Å²) in [5.74, 6) is 2.69. The lowest BCUT2D eigenvalue weighted by atomic mass is 9.96. The van der Waals surface area contributed by atoms with Crippen LogP contribution in [0.15, 0.2) is 47.0 Å². The molecule has 5 rings (SSSR count). The fourth-order valence-corrected chi connectivity index (χ4v) is 3.78. The number of carbonyl (C=O) groups is 1. The average molecular weight is 412 g/mol. The molecule has 0 spiro atoms. The number of hydrogen-bond donors (Lipinski definition) is 0. The molecule has 1 amide bonds. The van der Waals surface area contributed by atoms with Gasteiger partial charge in [0, 0.05) is 35.2 Å². The molecule has 0 bridgehead atoms. The van der Waals surface area contributed by atoms with Crippen LogP contribution >= 0.6 is 11.6 Å². The van der Waals surface area contributed by atoms with E-state index < -0.39 is 0 Å². The van der Waals surface area contributed by atoms with E-state index in [-0.39, 0.29) is 18.6 Å². The summed E-state index contributed by atoms with van der Waals surface area (Å²) >= 11 is 5.90. The van der Waals surface area contributed by atoms with Crippen LogP contribution in [-0.4, -0.2) is 40.8 Å². The first-order valence-corrected chi connectivity index (χ1v) is 9.83. The third-order valence-corrected chi connectivity index (χ3v) is 5.55. The van der Waals surface area contributed by atoms with Crippen LogP contribution in [0.1, 0.15) is 35.0 Å². The summed E-state index contributed by atoms with van der Waals surface area (Å²) in [6, 6.07) is 12.6. The molecule has 1 fully saturated rings. The Labute approximate surface area is 172 Å². The Morgan fingerprint density at radius 3 is 2.59 bits per heavy atom. The third-order valence-electron chi connectivity index (χ3n) is 5.30. The van der Waals surface area contributed by atoms with Gasteiger partial charge >= 0.3 is 0 Å². The summed E-state index contributed by atoms with van der Waals surface area (Å²) in [5, 5.41) is 4.74. The molecule has 0 unspecified atom stereocenters. The zero-order valence-electron chi connectivity index (χ0n) is 15.5. The molecule has 1 aromatic heterocycles. The van der Waals surface area contributed by atoms with Crippen molar-refractivity contribution in [2.24, 2.45) is 0 Å². The van der Waals surface area contributed by atoms with Crippen molar-refractivity contribution in [3.05, 3.63) is 58.9 Å². The third kappa shape index (κ3) is 3.53. The van der Waals surface area contributed by atoms with Crippen molar-refractivity contribution >= 4 is 17.5 Å². The molecule has 0 N–H and O–H groups in total. The fourth-order valence-electron chi connectivity index (χ4n) is 3.66. The number of nitrogens with zero attached hydrogens (tertiary/aromatic N) is 3. The van der Waals surface area contributed by atoms with Gasteiger partial charge in [-0.25, -0.2) is 0 Å². The van der Waals surface area contributed by atoms with Crippen molar-refractivity contribution in [1.82, 2.24) is 15.0 Å². The van der Waals surface area contributed by atoms with Gasteiger partial charge < -0.3 is 18.9 Å². The van der Waals surface area contributed by atoms with E-state index in [0.29, 0.717) is 41.1 Å². The van der Waals surface area contributed by atoms with E-state index in [9.17, 15) is 4.79 Å². The number of fused-ring (bicyclic) bond motifs is 1. The van der Waals surface area contributed by atoms with Gasteiger partial charge in [-0.15, -0.1) is 0 Å². The maximum absolute atomic E-state index is 12.6. The SMILES string of the molecule is O=C(c1ccc(Cl)cc1)N1CCC(c2nc(-c3ccc4c(c3)OCO4)no2)CC1. The summed E-state index contributed by atoms with van der Waals surface area (Å²) < 4.78 is 16.3. The van der Waals surface area contributed by atoms with E-state index in [1.165, 1.54) is 0 Å². The van der Waals surface area contributed by atoms with Crippen LogP contribution in [0, 0.1) is 0 Å². The van der Waals surface area contributed by atoms with Gasteiger partial charge in [0.2, 0.25) is 18.5 Å². The van der Waals surface area contributed by atoms with Crippen LogP contribution in [0.25, 0.3) is 11.4 Å². The summed E-state index contributed by atoms with van der Waals surface area (Å²) in [4.78, 5) is 19.1. The number of benzene rings is 2. The van der Waals surface area contributed by atoms with Gasteiger partial charge in [-0.1, -0.05) is 16.8 Å². The smallest absolute Gasteiger partial charge is 0.253 e. The van der Waals surface area contributed by atoms with Crippen molar-refractivity contribution in [2.75, 3.05) is 19.9 Å². The largest absolute Gasteiger partial charge is 0.454 e. The minimum absolute atomic E-state index is 0.0201. The summed E-state index contributed by atoms with van der Waals surface area (Å²) in [6.45, 7) is 1.52. The number of rotatable bonds is 3. The quantitative estimate of drug-likeness (QED) is 0.644. The van der Waals surface area contributed by atoms with Crippen molar-refractivity contribution in [1.29, 1.82) is 0 Å². The number of hydrogen-bond acceptors (Lipinski definition) is 6. The van der Waals surface area contributed by atoms with Crippen LogP contribution in [0.5, 0.6) is 11.5 Å². The summed E-state index contributed by atoms with van der Waals surface area (Å²) in [6.07, 6.45) is 1.56. The number of aromatic nitrogens is 2. The van der Waals surface area contributed by atoms with E-state index in [2.05, 4.69) is 10.1 Å². The first kappa shape index (κ1) is 18.0. The molecule has 0 saturated carbocycles. The Kier molecular flexibility index (Phi) is 4.60. The molecule has 0 aliphatic carbocycles. The lowest BCUT2D eigenvalue weighted by Crippen LogP contribution is -2.37. The van der Waals surface area contributed by atoms with Crippen LogP contribution in [0.2, 0.25) is 5.02 Å². The molecule has 7 nitrogen and oxygen atoms in total. The van der Waals surface area contributed by atoms with Gasteiger partial charge in [0.15, 0.2) is 11.5 Å². The normalized spacial score (nSPS) is 16.2. The molecule has 3 aromatic rings. The Morgan fingerprint density at radius 1 is 1.03 bits per heavy atom. The lowest BCUT2D eigenvalue weighted by Gasteiger charge is -2.30. The highest BCUT2D eigenvalue weighted by molar-refractivity contribution is 6.30. The second kappa shape index (κ2) is 7.40. The van der Waals surface area contributed by atoms with Crippen LogP contribution < -0.4 is 9.47 Å². The minimum Gasteiger partial charge on any atom is -0.454 e. The topological polar surface area (TPSA) is 77.7 Å². The van der Waals surface area contributed by atoms with Gasteiger partial charge in [-0.05, 0) is 55.3 Å². The Morgan fingerprint density at radius 2 is 1.79 bits per heavy atom. The fraction of sp³-hybridized carbons (Fsp3) is 0.286. The molecule has 148 valence electrons. The van der Waals surface area contributed by atoms with Gasteiger partial charge in [0.05, 0.1) is 0 Å². The summed E-state index contributed by atoms with van der Waals surface area (Å²) in [5.41, 5.74) is 1.47. The maximum Gasteiger partial charge on any atom is 0.253 e. The molecule has 2 aliphatic heterocycles. The van der Waals surface area contributed by atoms with E-state index in [1.807, 2.05) is 23.1 Å². The van der Waals surface area contributed by atoms with Crippen molar-refractivity contribution in [2.45, 2.75) is 18.8 Å². The highest BCUT2D eigenvalue weighted by atomic mass is 35.5. The maximum atomic E-state index is 12.6. The highest BCUT2D eigenvalue weighted by Crippen LogP contribution is 2.36. The number of halogens is 1. The molecule has 0 atom stereocenters. The van der Waals surface area contributed by atoms with Crippen molar-refractivity contribution < 1.29 is 18.8 Å². The second-order valence-corrected chi connectivity index (χ2v) is 7.53. The second-order valence-electron chi connectivity index (χ2n) is 7.10. The number of ether oxygens (including phenoxy) is 2. The Hall–Kier alpha value is -3.06. The predicted octanol–water partition coefficient (Wildman–Crippen LogP) is 4.14. The standard InChI is InChI=1S/C21H18ClN3O4/c22-16-4-1-14(2-5-16)21(26)25-9-7-13(8-10-25)20-23-19(24-29-20)15-3-6-17-18(11-15)28-12-27-17/h1-6,11,13H,7-10,12H2. The van der Waals surface area contributed by atoms with E-state index in [4.69, 9.17) is 25.6 Å². The van der Waals surface area contributed by atoms with Crippen LogP contribution in [-0.2, 0) is 0 Å². The number of carbonyl (C=O) groups excluding carboxylic acids is 1. The van der Waals surface area contributed by atoms with Crippen molar-refractivity contribution in [3.8, 4) is 22.9 Å². The molecule has 2 aromatic carbocycles. The molecule has 3 heterocycles. The Bertz CT molecular complexity index is 1040. The van der Waals surface area contributed by atoms with Crippen LogP contribution in [0.4, 0.5) is 0 Å². The molecule has 8 heteroatoms. The highest BCUT2D eigenvalue weighted by Gasteiger charge is 2.28. The minimum atomic E-state index is 0.0201. The van der Waals surface area contributed by atoms with Crippen molar-refractivity contribution in [3.63, 3.8) is 0 Å². The average Bonchev–Trinajstić information content (AvgIpc) is 3.43. The van der Waals surface area contributed by atoms with Crippen LogP contribution in [0.3, 0.4) is 0 Å². The van der Waals surface area contributed by atoms with E-state index >= 15 is 0 Å². The van der Waals surface area contributed by atoms with E-state index in [1.54, 1.807) is 24.3 Å². The zero-order chi connectivity index (χ0) is 19.8. The van der Waals surface area contributed by atoms with Gasteiger partial charge in [-0.3, -0.25) is 4.79 Å². The first-order chi connectivity index (χ1) is 14.2. The molecule has 2 aliphatic rings. The van der Waals surface area contributed by atoms with Gasteiger partial charge in [-0.2, -0.15) is 4.98 Å². The molecule has 29 heavy (non-hydrogen) atoms. The van der Waals surface area contributed by atoms with Gasteiger partial charge in [0.1, 0.15) is 0 Å². The predicted molar refractivity (Wildman–Crippen MR) is 105 cm³/mol. The Balaban J connectivity index is 1.25. The zero-order valence-corrected chi connectivity index (χ0v) is 16.3. The van der Waals surface area contributed by atoms with E-state index in [0.717, 1.165) is 24.2 Å². The molecule has 1 saturated heterocycles. The lowest BCUT2D eigenvalue weighted by molar-refractivity contribution is 0.0704. The van der Waals surface area contributed by atoms with Gasteiger partial charge in [0.25, 0.3) is 5.91 Å².